The largest absolute Gasteiger partial charge is 0.333 e. The molecule has 2 aliphatic rings. The van der Waals surface area contributed by atoms with E-state index in [1.165, 1.54) is 0 Å². The Bertz CT molecular complexity index is 1030. The van der Waals surface area contributed by atoms with E-state index in [0.717, 1.165) is 0 Å². The van der Waals surface area contributed by atoms with Gasteiger partial charge in [-0.25, -0.2) is 4.79 Å². The molecule has 3 unspecified atom stereocenters. The number of carbonyl (C=O) groups excluding carboxylic acids is 6. The summed E-state index contributed by atoms with van der Waals surface area (Å²) in [7, 11) is -4.80. The van der Waals surface area contributed by atoms with Gasteiger partial charge in [-0.15, -0.1) is 5.06 Å². The number of rotatable bonds is 13. The number of amides is 5. The van der Waals surface area contributed by atoms with Crippen LogP contribution in [-0.2, 0) is 59.3 Å². The second-order valence-electron chi connectivity index (χ2n) is 7.57. The molecule has 2 aliphatic heterocycles. The van der Waals surface area contributed by atoms with Gasteiger partial charge in [0, 0.05) is 12.8 Å². The first-order valence-electron chi connectivity index (χ1n) is 10.3. The monoisotopic (exact) mass is 541 g/mol. The summed E-state index contributed by atoms with van der Waals surface area (Å²) in [5.41, 5.74) is 2.11. The third-order valence-electron chi connectivity index (χ3n) is 4.94. The highest BCUT2D eigenvalue weighted by atomic mass is 32.2. The molecule has 3 N–H and O–H groups in total. The molecule has 0 aromatic carbocycles. The lowest BCUT2D eigenvalue weighted by Gasteiger charge is -2.15. The summed E-state index contributed by atoms with van der Waals surface area (Å²) in [6.45, 7) is 0. The molecule has 2 rings (SSSR count). The Kier molecular flexibility index (Phi) is 9.95. The Morgan fingerprint density at radius 2 is 1.57 bits per heavy atom. The van der Waals surface area contributed by atoms with Crippen LogP contribution < -0.4 is 5.43 Å². The quantitative estimate of drug-likeness (QED) is 0.104. The molecule has 196 valence electrons. The summed E-state index contributed by atoms with van der Waals surface area (Å²) in [4.78, 5) is 75.4. The molecule has 2 heterocycles. The van der Waals surface area contributed by atoms with Gasteiger partial charge in [-0.3, -0.25) is 42.7 Å². The molecule has 0 aliphatic carbocycles. The van der Waals surface area contributed by atoms with Crippen molar-refractivity contribution >= 4 is 57.0 Å². The van der Waals surface area contributed by atoms with E-state index in [2.05, 4.69) is 14.4 Å². The molecule has 2 saturated heterocycles. The van der Waals surface area contributed by atoms with Gasteiger partial charge in [0.05, 0.1) is 12.8 Å². The summed E-state index contributed by atoms with van der Waals surface area (Å²) in [5.74, 6) is -5.70. The zero-order valence-corrected chi connectivity index (χ0v) is 19.7. The summed E-state index contributed by atoms with van der Waals surface area (Å²) in [5, 5.41) is -1.52. The number of imide groups is 2. The zero-order valence-electron chi connectivity index (χ0n) is 18.1. The van der Waals surface area contributed by atoms with Gasteiger partial charge in [-0.05, 0) is 12.8 Å². The minimum atomic E-state index is -4.80. The number of unbranched alkanes of at least 4 members (excludes halogenated alkanes) is 4. The number of hydroxylamine groups is 2. The van der Waals surface area contributed by atoms with Crippen LogP contribution in [-0.4, -0.2) is 78.7 Å². The first-order valence-corrected chi connectivity index (χ1v) is 12.8. The van der Waals surface area contributed by atoms with Crippen molar-refractivity contribution in [1.29, 1.82) is 0 Å². The minimum absolute atomic E-state index is 0.0231. The third kappa shape index (κ3) is 8.13. The summed E-state index contributed by atoms with van der Waals surface area (Å²) >= 11 is -2.75. The maximum absolute atomic E-state index is 11.9. The Morgan fingerprint density at radius 1 is 0.971 bits per heavy atom. The Labute approximate surface area is 201 Å². The van der Waals surface area contributed by atoms with Crippen LogP contribution in [0.5, 0.6) is 0 Å². The number of carbonyl (C=O) groups is 6. The summed E-state index contributed by atoms with van der Waals surface area (Å²) < 4.78 is 54.7. The highest BCUT2D eigenvalue weighted by Crippen LogP contribution is 2.20. The van der Waals surface area contributed by atoms with Crippen molar-refractivity contribution in [3.05, 3.63) is 0 Å². The third-order valence-corrected chi connectivity index (χ3v) is 6.42. The van der Waals surface area contributed by atoms with Crippen molar-refractivity contribution < 1.29 is 59.5 Å². The van der Waals surface area contributed by atoms with Gasteiger partial charge in [-0.2, -0.15) is 17.6 Å². The number of hydrogen-bond acceptors (Lipinski definition) is 11. The van der Waals surface area contributed by atoms with E-state index < -0.39 is 81.2 Å². The average molecular weight is 542 g/mol. The number of nitrogens with zero attached hydrogens (tertiary/aromatic N) is 2. The van der Waals surface area contributed by atoms with Gasteiger partial charge in [0.25, 0.3) is 33.7 Å². The molecule has 18 heteroatoms. The van der Waals surface area contributed by atoms with E-state index in [1.54, 1.807) is 0 Å². The molecule has 5 amide bonds. The van der Waals surface area contributed by atoms with Crippen LogP contribution in [0.3, 0.4) is 0 Å². The predicted octanol–water partition coefficient (Wildman–Crippen LogP) is -1.50. The van der Waals surface area contributed by atoms with Crippen LogP contribution in [0, 0.1) is 0 Å². The molecule has 0 aromatic rings. The van der Waals surface area contributed by atoms with E-state index in [9.17, 15) is 41.4 Å². The molecule has 0 saturated carbocycles. The summed E-state index contributed by atoms with van der Waals surface area (Å²) in [6, 6.07) is 0. The maximum atomic E-state index is 11.9. The second kappa shape index (κ2) is 12.2. The van der Waals surface area contributed by atoms with Gasteiger partial charge in [0.1, 0.15) is 0 Å². The molecule has 16 nitrogen and oxygen atoms in total. The molecule has 3 atom stereocenters. The predicted molar refractivity (Wildman–Crippen MR) is 110 cm³/mol. The van der Waals surface area contributed by atoms with Gasteiger partial charge < -0.3 is 4.84 Å². The van der Waals surface area contributed by atoms with Crippen molar-refractivity contribution in [2.45, 2.75) is 69.1 Å². The lowest BCUT2D eigenvalue weighted by Crippen LogP contribution is -2.47. The fourth-order valence-corrected chi connectivity index (χ4v) is 4.27. The summed E-state index contributed by atoms with van der Waals surface area (Å²) in [6.07, 6.45) is -0.580. The SMILES string of the molecule is O=C(CCCCCCCC(=O)ON1C(=O)CC(S(=O)(=O)O)C1=O)NN1C(=O)CC(OS(=O)O)C1=O. The van der Waals surface area contributed by atoms with E-state index >= 15 is 0 Å². The van der Waals surface area contributed by atoms with Crippen molar-refractivity contribution in [2.24, 2.45) is 0 Å². The van der Waals surface area contributed by atoms with E-state index in [4.69, 9.17) is 9.11 Å². The van der Waals surface area contributed by atoms with Crippen molar-refractivity contribution in [2.75, 3.05) is 0 Å². The van der Waals surface area contributed by atoms with E-state index in [-0.39, 0.29) is 17.9 Å². The van der Waals surface area contributed by atoms with Crippen LogP contribution in [0.4, 0.5) is 0 Å². The zero-order chi connectivity index (χ0) is 26.3. The van der Waals surface area contributed by atoms with E-state index in [1.807, 2.05) is 0 Å². The number of hydrazine groups is 1. The van der Waals surface area contributed by atoms with Gasteiger partial charge >= 0.3 is 17.3 Å². The Balaban J connectivity index is 1.59. The van der Waals surface area contributed by atoms with Crippen molar-refractivity contribution in [1.82, 2.24) is 15.5 Å². The highest BCUT2D eigenvalue weighted by Gasteiger charge is 2.48. The lowest BCUT2D eigenvalue weighted by molar-refractivity contribution is -0.197. The highest BCUT2D eigenvalue weighted by molar-refractivity contribution is 7.87. The molecule has 0 bridgehead atoms. The van der Waals surface area contributed by atoms with Crippen LogP contribution in [0.2, 0.25) is 0 Å². The van der Waals surface area contributed by atoms with Gasteiger partial charge in [0.15, 0.2) is 11.4 Å². The van der Waals surface area contributed by atoms with Crippen LogP contribution in [0.15, 0.2) is 0 Å². The topological polar surface area (TPSA) is 231 Å². The fraction of sp³-hybridized carbons (Fsp3) is 0.647. The van der Waals surface area contributed by atoms with Crippen LogP contribution in [0.1, 0.15) is 57.8 Å². The second-order valence-corrected chi connectivity index (χ2v) is 9.80. The van der Waals surface area contributed by atoms with Crippen molar-refractivity contribution in [3.8, 4) is 0 Å². The fourth-order valence-electron chi connectivity index (χ4n) is 3.22. The Hall–Kier alpha value is -2.80. The minimum Gasteiger partial charge on any atom is -0.330 e. The first-order chi connectivity index (χ1) is 16.3. The lowest BCUT2D eigenvalue weighted by atomic mass is 10.1. The smallest absolute Gasteiger partial charge is 0.330 e. The molecule has 0 spiro atoms. The van der Waals surface area contributed by atoms with Gasteiger partial charge in [-0.1, -0.05) is 19.3 Å². The van der Waals surface area contributed by atoms with Crippen LogP contribution in [0.25, 0.3) is 0 Å². The van der Waals surface area contributed by atoms with Crippen LogP contribution >= 0.6 is 0 Å². The molecule has 0 radical (unpaired) electrons. The molecular weight excluding hydrogens is 518 g/mol. The van der Waals surface area contributed by atoms with E-state index in [0.29, 0.717) is 37.1 Å². The first kappa shape index (κ1) is 28.4. The molecule has 35 heavy (non-hydrogen) atoms. The molecule has 0 aromatic heterocycles. The number of hydrogen-bond donors (Lipinski definition) is 3. The average Bonchev–Trinajstić information content (AvgIpc) is 3.17. The standard InChI is InChI=1S/C17H23N3O13S2/c21-12(18-19-13(22)8-10(16(19)25)33-34(27)28)6-4-2-1-3-5-7-15(24)32-20-14(23)9-11(17(20)26)35(29,30)31/h10-11H,1-9H2,(H,18,21)(H,27,28)(H,29,30,31). The Morgan fingerprint density at radius 3 is 2.14 bits per heavy atom. The maximum Gasteiger partial charge on any atom is 0.333 e. The molecule has 2 fully saturated rings. The molecular formula is C17H23N3O13S2. The number of nitrogens with one attached hydrogen (secondary N) is 1. The normalized spacial score (nSPS) is 21.5. The van der Waals surface area contributed by atoms with Gasteiger partial charge in [0.2, 0.25) is 5.91 Å². The van der Waals surface area contributed by atoms with Crippen molar-refractivity contribution in [3.63, 3.8) is 0 Å².